The van der Waals surface area contributed by atoms with E-state index >= 15 is 0 Å². The Kier molecular flexibility index (Phi) is 3.93. The first-order chi connectivity index (χ1) is 10.6. The number of carbonyl (C=O) groups is 1. The summed E-state index contributed by atoms with van der Waals surface area (Å²) in [5.41, 5.74) is 0.389. The van der Waals surface area contributed by atoms with E-state index in [0.717, 1.165) is 0 Å². The molecule has 1 aliphatic rings. The van der Waals surface area contributed by atoms with Gasteiger partial charge in [-0.3, -0.25) is 14.2 Å². The molecule has 0 N–H and O–H groups in total. The molecule has 3 rings (SSSR count). The normalized spacial score (nSPS) is 16.9. The Hall–Kier alpha value is -2.22. The topological polar surface area (TPSA) is 90.5 Å². The standard InChI is InChI=1S/C14H18N4O4/c1-3-10(13(19)17-4-6-21-7-5-17)18-8-15-12-11(14(18)20)9(2)16-22-12/h8,10H,3-7H2,1-2H3/t10-/m0/s1. The number of amides is 1. The van der Waals surface area contributed by atoms with E-state index in [-0.39, 0.29) is 17.2 Å². The first kappa shape index (κ1) is 14.7. The van der Waals surface area contributed by atoms with E-state index in [2.05, 4.69) is 10.1 Å². The highest BCUT2D eigenvalue weighted by Crippen LogP contribution is 2.17. The Balaban J connectivity index is 1.99. The molecular weight excluding hydrogens is 288 g/mol. The average molecular weight is 306 g/mol. The van der Waals surface area contributed by atoms with Gasteiger partial charge in [0.15, 0.2) is 0 Å². The number of fused-ring (bicyclic) bond motifs is 1. The van der Waals surface area contributed by atoms with Gasteiger partial charge in [-0.1, -0.05) is 12.1 Å². The van der Waals surface area contributed by atoms with Crippen molar-refractivity contribution in [2.45, 2.75) is 26.3 Å². The molecule has 0 saturated carbocycles. The molecule has 0 unspecified atom stereocenters. The van der Waals surface area contributed by atoms with Crippen molar-refractivity contribution in [1.29, 1.82) is 0 Å². The van der Waals surface area contributed by atoms with Crippen LogP contribution >= 0.6 is 0 Å². The Labute approximate surface area is 126 Å². The highest BCUT2D eigenvalue weighted by molar-refractivity contribution is 5.81. The number of morpholine rings is 1. The molecule has 0 bridgehead atoms. The second kappa shape index (κ2) is 5.88. The summed E-state index contributed by atoms with van der Waals surface area (Å²) in [5, 5.41) is 4.08. The number of hydrogen-bond acceptors (Lipinski definition) is 6. The summed E-state index contributed by atoms with van der Waals surface area (Å²) < 4.78 is 11.6. The van der Waals surface area contributed by atoms with Crippen molar-refractivity contribution in [3.8, 4) is 0 Å². The number of aryl methyl sites for hydroxylation is 1. The lowest BCUT2D eigenvalue weighted by molar-refractivity contribution is -0.139. The van der Waals surface area contributed by atoms with Crippen molar-refractivity contribution in [3.05, 3.63) is 22.4 Å². The van der Waals surface area contributed by atoms with Gasteiger partial charge in [0.25, 0.3) is 11.3 Å². The van der Waals surface area contributed by atoms with Crippen molar-refractivity contribution in [3.63, 3.8) is 0 Å². The second-order valence-corrected chi connectivity index (χ2v) is 5.27. The summed E-state index contributed by atoms with van der Waals surface area (Å²) in [5.74, 6) is -0.0804. The van der Waals surface area contributed by atoms with Gasteiger partial charge in [0, 0.05) is 13.1 Å². The third kappa shape index (κ3) is 2.39. The minimum atomic E-state index is -0.572. The largest absolute Gasteiger partial charge is 0.378 e. The fourth-order valence-electron chi connectivity index (χ4n) is 2.70. The van der Waals surface area contributed by atoms with E-state index in [0.29, 0.717) is 43.8 Å². The van der Waals surface area contributed by atoms with Gasteiger partial charge in [0.2, 0.25) is 5.91 Å². The third-order valence-corrected chi connectivity index (χ3v) is 3.92. The maximum Gasteiger partial charge on any atom is 0.267 e. The van der Waals surface area contributed by atoms with Gasteiger partial charge in [-0.15, -0.1) is 0 Å². The van der Waals surface area contributed by atoms with E-state index < -0.39 is 6.04 Å². The fraction of sp³-hybridized carbons (Fsp3) is 0.571. The van der Waals surface area contributed by atoms with Crippen molar-refractivity contribution >= 4 is 17.0 Å². The van der Waals surface area contributed by atoms with Crippen molar-refractivity contribution in [2.24, 2.45) is 0 Å². The quantitative estimate of drug-likeness (QED) is 0.820. The molecule has 0 radical (unpaired) electrons. The van der Waals surface area contributed by atoms with E-state index in [1.54, 1.807) is 11.8 Å². The minimum Gasteiger partial charge on any atom is -0.378 e. The number of nitrogens with zero attached hydrogens (tertiary/aromatic N) is 4. The molecule has 1 saturated heterocycles. The number of ether oxygens (including phenoxy) is 1. The summed E-state index contributed by atoms with van der Waals surface area (Å²) in [7, 11) is 0. The Morgan fingerprint density at radius 3 is 2.82 bits per heavy atom. The first-order valence-corrected chi connectivity index (χ1v) is 7.33. The van der Waals surface area contributed by atoms with Crippen molar-refractivity contribution in [1.82, 2.24) is 19.6 Å². The van der Waals surface area contributed by atoms with Gasteiger partial charge in [-0.2, -0.15) is 0 Å². The molecule has 3 heterocycles. The second-order valence-electron chi connectivity index (χ2n) is 5.27. The zero-order valence-corrected chi connectivity index (χ0v) is 12.6. The zero-order valence-electron chi connectivity index (χ0n) is 12.6. The van der Waals surface area contributed by atoms with E-state index in [1.165, 1.54) is 10.9 Å². The van der Waals surface area contributed by atoms with Crippen LogP contribution in [-0.4, -0.2) is 51.8 Å². The fourth-order valence-corrected chi connectivity index (χ4v) is 2.70. The van der Waals surface area contributed by atoms with Crippen molar-refractivity contribution < 1.29 is 14.1 Å². The van der Waals surface area contributed by atoms with Gasteiger partial charge >= 0.3 is 0 Å². The maximum atomic E-state index is 12.7. The van der Waals surface area contributed by atoms with Crippen LogP contribution in [-0.2, 0) is 9.53 Å². The summed E-state index contributed by atoms with van der Waals surface area (Å²) >= 11 is 0. The molecule has 118 valence electrons. The lowest BCUT2D eigenvalue weighted by atomic mass is 10.1. The van der Waals surface area contributed by atoms with E-state index in [4.69, 9.17) is 9.26 Å². The molecule has 2 aromatic heterocycles. The van der Waals surface area contributed by atoms with Gasteiger partial charge in [0.1, 0.15) is 17.8 Å². The molecule has 1 fully saturated rings. The van der Waals surface area contributed by atoms with Gasteiger partial charge in [-0.25, -0.2) is 4.98 Å². The van der Waals surface area contributed by atoms with Crippen LogP contribution < -0.4 is 5.56 Å². The minimum absolute atomic E-state index is 0.0804. The Morgan fingerprint density at radius 2 is 2.14 bits per heavy atom. The Morgan fingerprint density at radius 1 is 1.41 bits per heavy atom. The SMILES string of the molecule is CC[C@@H](C(=O)N1CCOCC1)n1cnc2onc(C)c2c1=O. The van der Waals surface area contributed by atoms with Crippen molar-refractivity contribution in [2.75, 3.05) is 26.3 Å². The number of carbonyl (C=O) groups excluding carboxylic acids is 1. The zero-order chi connectivity index (χ0) is 15.7. The van der Waals surface area contributed by atoms with Crippen LogP contribution in [0.4, 0.5) is 0 Å². The van der Waals surface area contributed by atoms with Crippen LogP contribution in [0.15, 0.2) is 15.6 Å². The lowest BCUT2D eigenvalue weighted by Crippen LogP contribution is -2.45. The third-order valence-electron chi connectivity index (χ3n) is 3.92. The summed E-state index contributed by atoms with van der Waals surface area (Å²) in [6.45, 7) is 5.71. The maximum absolute atomic E-state index is 12.7. The molecule has 2 aromatic rings. The van der Waals surface area contributed by atoms with Gasteiger partial charge in [0.05, 0.1) is 18.9 Å². The highest BCUT2D eigenvalue weighted by Gasteiger charge is 2.27. The van der Waals surface area contributed by atoms with E-state index in [1.807, 2.05) is 6.92 Å². The number of rotatable bonds is 3. The van der Waals surface area contributed by atoms with Crippen LogP contribution in [0, 0.1) is 6.92 Å². The highest BCUT2D eigenvalue weighted by atomic mass is 16.5. The lowest BCUT2D eigenvalue weighted by Gasteiger charge is -2.30. The molecule has 22 heavy (non-hydrogen) atoms. The molecule has 0 aromatic carbocycles. The average Bonchev–Trinajstić information content (AvgIpc) is 2.93. The predicted octanol–water partition coefficient (Wildman–Crippen LogP) is 0.503. The van der Waals surface area contributed by atoms with E-state index in [9.17, 15) is 9.59 Å². The molecule has 8 nitrogen and oxygen atoms in total. The van der Waals surface area contributed by atoms with Crippen LogP contribution in [0.5, 0.6) is 0 Å². The smallest absolute Gasteiger partial charge is 0.267 e. The summed E-state index contributed by atoms with van der Waals surface area (Å²) in [6.07, 6.45) is 1.87. The Bertz CT molecular complexity index is 745. The van der Waals surface area contributed by atoms with Gasteiger partial charge < -0.3 is 14.2 Å². The number of hydrogen-bond donors (Lipinski definition) is 0. The van der Waals surface area contributed by atoms with Crippen LogP contribution in [0.1, 0.15) is 25.1 Å². The molecule has 1 atom stereocenters. The summed E-state index contributed by atoms with van der Waals surface area (Å²) in [4.78, 5) is 31.1. The molecule has 1 aliphatic heterocycles. The first-order valence-electron chi connectivity index (χ1n) is 7.33. The van der Waals surface area contributed by atoms with Crippen LogP contribution in [0.3, 0.4) is 0 Å². The molecule has 0 aliphatic carbocycles. The molecule has 0 spiro atoms. The van der Waals surface area contributed by atoms with Gasteiger partial charge in [-0.05, 0) is 13.3 Å². The van der Waals surface area contributed by atoms with Crippen LogP contribution in [0.25, 0.3) is 11.1 Å². The number of aromatic nitrogens is 3. The summed E-state index contributed by atoms with van der Waals surface area (Å²) in [6, 6.07) is -0.572. The monoisotopic (exact) mass is 306 g/mol. The predicted molar refractivity (Wildman–Crippen MR) is 77.5 cm³/mol. The molecular formula is C14H18N4O4. The molecule has 1 amide bonds. The van der Waals surface area contributed by atoms with Crippen LogP contribution in [0.2, 0.25) is 0 Å². The molecule has 8 heteroatoms.